The van der Waals surface area contributed by atoms with Crippen molar-refractivity contribution < 1.29 is 9.13 Å². The zero-order valence-corrected chi connectivity index (χ0v) is 14.6. The van der Waals surface area contributed by atoms with E-state index >= 15 is 0 Å². The molecule has 1 unspecified atom stereocenters. The first kappa shape index (κ1) is 16.1. The first-order valence-corrected chi connectivity index (χ1v) is 9.03. The Balaban J connectivity index is 1.91. The zero-order chi connectivity index (χ0) is 17.4. The average Bonchev–Trinajstić information content (AvgIpc) is 2.77. The summed E-state index contributed by atoms with van der Waals surface area (Å²) in [5.41, 5.74) is 2.23. The van der Waals surface area contributed by atoms with Gasteiger partial charge in [0.15, 0.2) is 5.69 Å². The van der Waals surface area contributed by atoms with Gasteiger partial charge in [-0.15, -0.1) is 10.2 Å². The second kappa shape index (κ2) is 6.50. The average molecular weight is 375 g/mol. The van der Waals surface area contributed by atoms with Crippen LogP contribution in [-0.4, -0.2) is 21.4 Å². The molecule has 0 aliphatic carbocycles. The Hall–Kier alpha value is -2.38. The molecule has 126 valence electrons. The fraction of sp³-hybridized carbons (Fsp3) is 0.118. The van der Waals surface area contributed by atoms with E-state index in [4.69, 9.17) is 16.3 Å². The highest BCUT2D eigenvalue weighted by Gasteiger charge is 2.28. The fourth-order valence-electron chi connectivity index (χ4n) is 2.63. The van der Waals surface area contributed by atoms with Gasteiger partial charge in [0.2, 0.25) is 17.3 Å². The number of fused-ring (bicyclic) bond motifs is 3. The Labute approximate surface area is 152 Å². The van der Waals surface area contributed by atoms with Gasteiger partial charge in [0.05, 0.1) is 10.6 Å². The predicted molar refractivity (Wildman–Crippen MR) is 95.4 cm³/mol. The van der Waals surface area contributed by atoms with Crippen LogP contribution in [0.1, 0.15) is 11.8 Å². The summed E-state index contributed by atoms with van der Waals surface area (Å²) in [6.07, 6.45) is 1.000. The van der Waals surface area contributed by atoms with Gasteiger partial charge in [-0.25, -0.2) is 4.39 Å². The fourth-order valence-corrected chi connectivity index (χ4v) is 3.18. The molecular formula is C17H12ClFN4OS. The van der Waals surface area contributed by atoms with E-state index in [-0.39, 0.29) is 16.5 Å². The molecule has 3 aromatic rings. The van der Waals surface area contributed by atoms with Crippen LogP contribution >= 0.6 is 23.4 Å². The van der Waals surface area contributed by atoms with E-state index in [1.165, 1.54) is 17.8 Å². The minimum absolute atomic E-state index is 0.219. The lowest BCUT2D eigenvalue weighted by atomic mass is 10.1. The van der Waals surface area contributed by atoms with Crippen LogP contribution < -0.4 is 10.1 Å². The van der Waals surface area contributed by atoms with E-state index in [9.17, 15) is 4.39 Å². The normalized spacial score (nSPS) is 15.4. The summed E-state index contributed by atoms with van der Waals surface area (Å²) >= 11 is 7.56. The van der Waals surface area contributed by atoms with Gasteiger partial charge in [0, 0.05) is 11.3 Å². The molecule has 1 aliphatic heterocycles. The molecule has 1 aromatic heterocycles. The molecule has 25 heavy (non-hydrogen) atoms. The first-order valence-electron chi connectivity index (χ1n) is 7.42. The molecule has 1 aliphatic rings. The number of nitrogens with zero attached hydrogens (tertiary/aromatic N) is 3. The molecule has 2 aromatic carbocycles. The highest BCUT2D eigenvalue weighted by molar-refractivity contribution is 7.98. The minimum Gasteiger partial charge on any atom is -0.448 e. The maximum Gasteiger partial charge on any atom is 0.247 e. The van der Waals surface area contributed by atoms with E-state index < -0.39 is 12.0 Å². The predicted octanol–water partition coefficient (Wildman–Crippen LogP) is 4.56. The number of thioether (sulfide) groups is 1. The molecule has 1 N–H and O–H groups in total. The van der Waals surface area contributed by atoms with Gasteiger partial charge < -0.3 is 10.1 Å². The van der Waals surface area contributed by atoms with Crippen molar-refractivity contribution in [2.45, 2.75) is 11.4 Å². The maximum atomic E-state index is 14.4. The van der Waals surface area contributed by atoms with Crippen molar-refractivity contribution in [3.63, 3.8) is 0 Å². The van der Waals surface area contributed by atoms with Crippen molar-refractivity contribution in [3.8, 4) is 17.1 Å². The number of anilines is 1. The molecule has 0 spiro atoms. The molecule has 0 radical (unpaired) electrons. The number of nitrogens with one attached hydrogen (secondary N) is 1. The van der Waals surface area contributed by atoms with Crippen LogP contribution in [0.5, 0.6) is 5.88 Å². The van der Waals surface area contributed by atoms with Gasteiger partial charge in [-0.2, -0.15) is 4.98 Å². The molecule has 0 saturated heterocycles. The van der Waals surface area contributed by atoms with Crippen molar-refractivity contribution in [3.05, 3.63) is 58.9 Å². The van der Waals surface area contributed by atoms with Crippen LogP contribution in [0.15, 0.2) is 47.6 Å². The number of halogens is 2. The SMILES string of the molecule is CSc1nnc2c(n1)OC(c1c(F)cccc1Cl)Nc1ccccc1-2. The second-order valence-corrected chi connectivity index (χ2v) is 6.46. The quantitative estimate of drug-likeness (QED) is 0.664. The highest BCUT2D eigenvalue weighted by Crippen LogP contribution is 2.40. The minimum atomic E-state index is -0.845. The molecule has 0 bridgehead atoms. The van der Waals surface area contributed by atoms with Crippen LogP contribution in [0.2, 0.25) is 5.02 Å². The summed E-state index contributed by atoms with van der Waals surface area (Å²) in [6, 6.07) is 12.0. The van der Waals surface area contributed by atoms with E-state index in [0.29, 0.717) is 10.9 Å². The Kier molecular flexibility index (Phi) is 4.19. The van der Waals surface area contributed by atoms with E-state index in [2.05, 4.69) is 20.5 Å². The van der Waals surface area contributed by atoms with E-state index in [0.717, 1.165) is 11.3 Å². The summed E-state index contributed by atoms with van der Waals surface area (Å²) in [5, 5.41) is 12.2. The third kappa shape index (κ3) is 2.89. The van der Waals surface area contributed by atoms with Gasteiger partial charge in [-0.1, -0.05) is 47.6 Å². The van der Waals surface area contributed by atoms with Crippen LogP contribution in [0.3, 0.4) is 0 Å². The lowest BCUT2D eigenvalue weighted by Gasteiger charge is -2.20. The molecule has 0 amide bonds. The molecule has 8 heteroatoms. The topological polar surface area (TPSA) is 59.9 Å². The standard InChI is InChI=1S/C17H12ClFN4OS/c1-25-17-21-16-14(22-23-17)9-5-2-3-8-12(9)20-15(24-16)13-10(18)6-4-7-11(13)19/h2-8,15,20H,1H3. The number of benzene rings is 2. The van der Waals surface area contributed by atoms with Gasteiger partial charge in [0.1, 0.15) is 5.82 Å². The van der Waals surface area contributed by atoms with Crippen molar-refractivity contribution >= 4 is 29.1 Å². The zero-order valence-electron chi connectivity index (χ0n) is 13.0. The third-order valence-electron chi connectivity index (χ3n) is 3.78. The lowest BCUT2D eigenvalue weighted by Crippen LogP contribution is -2.19. The van der Waals surface area contributed by atoms with Crippen molar-refractivity contribution in [2.24, 2.45) is 0 Å². The molecule has 5 nitrogen and oxygen atoms in total. The molecule has 2 heterocycles. The molecular weight excluding hydrogens is 363 g/mol. The largest absolute Gasteiger partial charge is 0.448 e. The van der Waals surface area contributed by atoms with Crippen LogP contribution in [-0.2, 0) is 0 Å². The van der Waals surface area contributed by atoms with Gasteiger partial charge in [-0.3, -0.25) is 0 Å². The summed E-state index contributed by atoms with van der Waals surface area (Å²) in [6.45, 7) is 0. The molecule has 4 rings (SSSR count). The first-order chi connectivity index (χ1) is 12.2. The summed E-state index contributed by atoms with van der Waals surface area (Å²) < 4.78 is 20.4. The number of aromatic nitrogens is 3. The summed E-state index contributed by atoms with van der Waals surface area (Å²) in [4.78, 5) is 4.39. The Morgan fingerprint density at radius 1 is 1.16 bits per heavy atom. The van der Waals surface area contributed by atoms with Crippen LogP contribution in [0, 0.1) is 5.82 Å². The number of ether oxygens (including phenoxy) is 1. The van der Waals surface area contributed by atoms with Crippen molar-refractivity contribution in [2.75, 3.05) is 11.6 Å². The monoisotopic (exact) mass is 374 g/mol. The van der Waals surface area contributed by atoms with Gasteiger partial charge in [-0.05, 0) is 24.5 Å². The highest BCUT2D eigenvalue weighted by atomic mass is 35.5. The third-order valence-corrected chi connectivity index (χ3v) is 4.65. The maximum absolute atomic E-state index is 14.4. The van der Waals surface area contributed by atoms with E-state index in [1.54, 1.807) is 12.1 Å². The second-order valence-electron chi connectivity index (χ2n) is 5.28. The Morgan fingerprint density at radius 2 is 2.00 bits per heavy atom. The molecule has 1 atom stereocenters. The number of hydrogen-bond acceptors (Lipinski definition) is 6. The number of hydrogen-bond donors (Lipinski definition) is 1. The Morgan fingerprint density at radius 3 is 2.80 bits per heavy atom. The van der Waals surface area contributed by atoms with E-state index in [1.807, 2.05) is 30.5 Å². The van der Waals surface area contributed by atoms with Crippen LogP contribution in [0.25, 0.3) is 11.3 Å². The summed E-state index contributed by atoms with van der Waals surface area (Å²) in [5.74, 6) is -0.181. The smallest absolute Gasteiger partial charge is 0.247 e. The number of rotatable bonds is 2. The van der Waals surface area contributed by atoms with Gasteiger partial charge >= 0.3 is 0 Å². The summed E-state index contributed by atoms with van der Waals surface area (Å²) in [7, 11) is 0. The van der Waals surface area contributed by atoms with Crippen LogP contribution in [0.4, 0.5) is 10.1 Å². The van der Waals surface area contributed by atoms with Crippen molar-refractivity contribution in [1.82, 2.24) is 15.2 Å². The number of para-hydroxylation sites is 1. The molecule has 0 fully saturated rings. The molecule has 0 saturated carbocycles. The lowest BCUT2D eigenvalue weighted by molar-refractivity contribution is 0.220. The van der Waals surface area contributed by atoms with Gasteiger partial charge in [0.25, 0.3) is 0 Å². The van der Waals surface area contributed by atoms with Crippen molar-refractivity contribution in [1.29, 1.82) is 0 Å². The Bertz CT molecular complexity index is 935.